The van der Waals surface area contributed by atoms with E-state index in [1.165, 1.54) is 22.6 Å². The van der Waals surface area contributed by atoms with Crippen molar-refractivity contribution in [2.45, 2.75) is 37.8 Å². The van der Waals surface area contributed by atoms with E-state index in [1.807, 2.05) is 19.9 Å². The smallest absolute Gasteiger partial charge is 0.252 e. The standard InChI is InChI=1S/C20H25N3O4S2/c1-13-6-8-17(21-15(3)24)18(11-13)22-20(25)16-5-4-10-23(12-16)29(26,27)19-9-7-14(2)28-19/h6-9,11,16H,4-5,10,12H2,1-3H3,(H,21,24)(H,22,25). The third-order valence-electron chi connectivity index (χ3n) is 4.81. The quantitative estimate of drug-likeness (QED) is 0.753. The first-order valence-corrected chi connectivity index (χ1v) is 11.7. The van der Waals surface area contributed by atoms with Gasteiger partial charge in [-0.05, 0) is 56.5 Å². The first kappa shape index (κ1) is 21.5. The summed E-state index contributed by atoms with van der Waals surface area (Å²) in [6, 6.07) is 8.77. The number of carbonyl (C=O) groups is 2. The van der Waals surface area contributed by atoms with Crippen LogP contribution >= 0.6 is 11.3 Å². The molecule has 1 aliphatic heterocycles. The molecule has 2 amide bonds. The molecule has 1 aromatic heterocycles. The van der Waals surface area contributed by atoms with Crippen LogP contribution < -0.4 is 10.6 Å². The van der Waals surface area contributed by atoms with Gasteiger partial charge in [-0.3, -0.25) is 9.59 Å². The van der Waals surface area contributed by atoms with Crippen LogP contribution in [-0.4, -0.2) is 37.6 Å². The van der Waals surface area contributed by atoms with E-state index in [-0.39, 0.29) is 18.4 Å². The molecule has 0 spiro atoms. The summed E-state index contributed by atoms with van der Waals surface area (Å²) in [6.07, 6.45) is 1.23. The van der Waals surface area contributed by atoms with Gasteiger partial charge in [0.1, 0.15) is 4.21 Å². The Bertz CT molecular complexity index is 1030. The van der Waals surface area contributed by atoms with E-state index in [2.05, 4.69) is 10.6 Å². The molecule has 1 atom stereocenters. The molecule has 0 saturated carbocycles. The molecule has 7 nitrogen and oxygen atoms in total. The first-order chi connectivity index (χ1) is 13.7. The van der Waals surface area contributed by atoms with Crippen LogP contribution in [0.2, 0.25) is 0 Å². The van der Waals surface area contributed by atoms with Gasteiger partial charge in [-0.2, -0.15) is 4.31 Å². The molecular weight excluding hydrogens is 410 g/mol. The number of sulfonamides is 1. The fraction of sp³-hybridized carbons (Fsp3) is 0.400. The second-order valence-corrected chi connectivity index (χ2v) is 10.7. The lowest BCUT2D eigenvalue weighted by Crippen LogP contribution is -2.43. The SMILES string of the molecule is CC(=O)Nc1ccc(C)cc1NC(=O)C1CCCN(S(=O)(=O)c2ccc(C)s2)C1. The molecule has 2 aromatic rings. The van der Waals surface area contributed by atoms with Gasteiger partial charge in [-0.25, -0.2) is 8.42 Å². The molecule has 29 heavy (non-hydrogen) atoms. The molecule has 2 N–H and O–H groups in total. The lowest BCUT2D eigenvalue weighted by molar-refractivity contribution is -0.121. The molecule has 2 heterocycles. The van der Waals surface area contributed by atoms with Crippen LogP contribution in [0.25, 0.3) is 0 Å². The van der Waals surface area contributed by atoms with Gasteiger partial charge in [0.2, 0.25) is 11.8 Å². The number of benzene rings is 1. The monoisotopic (exact) mass is 435 g/mol. The van der Waals surface area contributed by atoms with Gasteiger partial charge in [0.15, 0.2) is 0 Å². The largest absolute Gasteiger partial charge is 0.325 e. The highest BCUT2D eigenvalue weighted by Crippen LogP contribution is 2.30. The van der Waals surface area contributed by atoms with E-state index in [0.717, 1.165) is 10.4 Å². The number of rotatable bonds is 5. The molecule has 1 aromatic carbocycles. The van der Waals surface area contributed by atoms with Crippen LogP contribution in [0.3, 0.4) is 0 Å². The maximum Gasteiger partial charge on any atom is 0.252 e. The number of nitrogens with one attached hydrogen (secondary N) is 2. The number of piperidine rings is 1. The number of thiophene rings is 1. The number of aryl methyl sites for hydroxylation is 2. The van der Waals surface area contributed by atoms with E-state index in [9.17, 15) is 18.0 Å². The maximum atomic E-state index is 12.9. The Morgan fingerprint density at radius 2 is 1.86 bits per heavy atom. The van der Waals surface area contributed by atoms with Crippen LogP contribution in [0.15, 0.2) is 34.5 Å². The fourth-order valence-corrected chi connectivity index (χ4v) is 6.31. The zero-order valence-electron chi connectivity index (χ0n) is 16.7. The third-order valence-corrected chi connectivity index (χ3v) is 8.14. The molecule has 0 bridgehead atoms. The lowest BCUT2D eigenvalue weighted by Gasteiger charge is -2.31. The zero-order valence-corrected chi connectivity index (χ0v) is 18.3. The van der Waals surface area contributed by atoms with Gasteiger partial charge in [0.05, 0.1) is 17.3 Å². The maximum absolute atomic E-state index is 12.9. The molecule has 9 heteroatoms. The van der Waals surface area contributed by atoms with Crippen LogP contribution in [0, 0.1) is 19.8 Å². The molecule has 0 aliphatic carbocycles. The third kappa shape index (κ3) is 5.04. The van der Waals surface area contributed by atoms with Gasteiger partial charge < -0.3 is 10.6 Å². The Balaban J connectivity index is 1.75. The normalized spacial score (nSPS) is 17.7. The predicted molar refractivity (Wildman–Crippen MR) is 115 cm³/mol. The Kier molecular flexibility index (Phi) is 6.40. The van der Waals surface area contributed by atoms with Gasteiger partial charge in [0, 0.05) is 24.9 Å². The van der Waals surface area contributed by atoms with Crippen molar-refractivity contribution in [3.8, 4) is 0 Å². The molecule has 3 rings (SSSR count). The topological polar surface area (TPSA) is 95.6 Å². The summed E-state index contributed by atoms with van der Waals surface area (Å²) in [4.78, 5) is 25.2. The average Bonchev–Trinajstić information content (AvgIpc) is 3.11. The molecular formula is C20H25N3O4S2. The Labute approximate surface area is 175 Å². The summed E-state index contributed by atoms with van der Waals surface area (Å²) in [5.74, 6) is -0.930. The van der Waals surface area contributed by atoms with E-state index in [0.29, 0.717) is 35.0 Å². The van der Waals surface area contributed by atoms with Gasteiger partial charge >= 0.3 is 0 Å². The first-order valence-electron chi connectivity index (χ1n) is 9.42. The number of hydrogen-bond donors (Lipinski definition) is 2. The zero-order chi connectivity index (χ0) is 21.2. The molecule has 1 fully saturated rings. The average molecular weight is 436 g/mol. The van der Waals surface area contributed by atoms with E-state index >= 15 is 0 Å². The van der Waals surface area contributed by atoms with Gasteiger partial charge in [0.25, 0.3) is 10.0 Å². The van der Waals surface area contributed by atoms with Crippen LogP contribution in [-0.2, 0) is 19.6 Å². The van der Waals surface area contributed by atoms with E-state index in [1.54, 1.807) is 24.3 Å². The minimum Gasteiger partial charge on any atom is -0.325 e. The van der Waals surface area contributed by atoms with E-state index in [4.69, 9.17) is 0 Å². The van der Waals surface area contributed by atoms with Gasteiger partial charge in [-0.1, -0.05) is 6.07 Å². The van der Waals surface area contributed by atoms with Crippen molar-refractivity contribution in [1.29, 1.82) is 0 Å². The summed E-state index contributed by atoms with van der Waals surface area (Å²) in [5.41, 5.74) is 1.97. The van der Waals surface area contributed by atoms with Crippen molar-refractivity contribution < 1.29 is 18.0 Å². The summed E-state index contributed by atoms with van der Waals surface area (Å²) >= 11 is 1.24. The minimum atomic E-state index is -3.60. The second kappa shape index (κ2) is 8.64. The molecule has 0 radical (unpaired) electrons. The number of carbonyl (C=O) groups excluding carboxylic acids is 2. The molecule has 1 unspecified atom stereocenters. The van der Waals surface area contributed by atoms with Gasteiger partial charge in [-0.15, -0.1) is 11.3 Å². The summed E-state index contributed by atoms with van der Waals surface area (Å²) in [7, 11) is -3.60. The van der Waals surface area contributed by atoms with Crippen molar-refractivity contribution in [1.82, 2.24) is 4.31 Å². The Hall–Kier alpha value is -2.23. The fourth-order valence-electron chi connectivity index (χ4n) is 3.35. The Morgan fingerprint density at radius 3 is 2.52 bits per heavy atom. The van der Waals surface area contributed by atoms with Crippen molar-refractivity contribution >= 4 is 44.5 Å². The minimum absolute atomic E-state index is 0.145. The molecule has 1 saturated heterocycles. The summed E-state index contributed by atoms with van der Waals surface area (Å²) in [6.45, 7) is 5.72. The van der Waals surface area contributed by atoms with Crippen LogP contribution in [0.4, 0.5) is 11.4 Å². The lowest BCUT2D eigenvalue weighted by atomic mass is 9.98. The van der Waals surface area contributed by atoms with E-state index < -0.39 is 15.9 Å². The van der Waals surface area contributed by atoms with Crippen molar-refractivity contribution in [2.75, 3.05) is 23.7 Å². The highest BCUT2D eigenvalue weighted by Gasteiger charge is 2.34. The highest BCUT2D eigenvalue weighted by atomic mass is 32.2. The molecule has 156 valence electrons. The predicted octanol–water partition coefficient (Wildman–Crippen LogP) is 3.36. The second-order valence-electron chi connectivity index (χ2n) is 7.29. The van der Waals surface area contributed by atoms with Crippen LogP contribution in [0.5, 0.6) is 0 Å². The number of hydrogen-bond acceptors (Lipinski definition) is 5. The summed E-state index contributed by atoms with van der Waals surface area (Å²) < 4.78 is 27.5. The van der Waals surface area contributed by atoms with Crippen LogP contribution in [0.1, 0.15) is 30.2 Å². The Morgan fingerprint density at radius 1 is 1.10 bits per heavy atom. The van der Waals surface area contributed by atoms with Crippen molar-refractivity contribution in [3.63, 3.8) is 0 Å². The number of nitrogens with zero attached hydrogens (tertiary/aromatic N) is 1. The van der Waals surface area contributed by atoms with Crippen molar-refractivity contribution in [2.24, 2.45) is 5.92 Å². The summed E-state index contributed by atoms with van der Waals surface area (Å²) in [5, 5.41) is 5.58. The number of amides is 2. The molecule has 1 aliphatic rings. The highest BCUT2D eigenvalue weighted by molar-refractivity contribution is 7.91. The van der Waals surface area contributed by atoms with Crippen molar-refractivity contribution in [3.05, 3.63) is 40.8 Å². The number of anilines is 2.